The maximum absolute atomic E-state index is 13.1. The van der Waals surface area contributed by atoms with Gasteiger partial charge in [-0.15, -0.1) is 5.10 Å². The lowest BCUT2D eigenvalue weighted by Crippen LogP contribution is -2.33. The van der Waals surface area contributed by atoms with E-state index >= 15 is 0 Å². The number of carbonyl (C=O) groups is 1. The molecular formula is C14H17FN4O2. The van der Waals surface area contributed by atoms with E-state index in [0.29, 0.717) is 13.1 Å². The van der Waals surface area contributed by atoms with Gasteiger partial charge in [-0.05, 0) is 24.6 Å². The van der Waals surface area contributed by atoms with Gasteiger partial charge in [-0.2, -0.15) is 0 Å². The molecule has 0 aliphatic rings. The SMILES string of the molecule is CCN(CCO)C(=O)c1cn(Cc2cccc(F)c2)nn1. The van der Waals surface area contributed by atoms with Gasteiger partial charge in [0.05, 0.1) is 19.3 Å². The van der Waals surface area contributed by atoms with Crippen molar-refractivity contribution < 1.29 is 14.3 Å². The highest BCUT2D eigenvalue weighted by Gasteiger charge is 2.17. The number of halogens is 1. The van der Waals surface area contributed by atoms with Gasteiger partial charge in [-0.3, -0.25) is 4.79 Å². The Hall–Kier alpha value is -2.28. The normalized spacial score (nSPS) is 10.6. The minimum Gasteiger partial charge on any atom is -0.395 e. The van der Waals surface area contributed by atoms with E-state index in [1.165, 1.54) is 27.9 Å². The standard InChI is InChI=1S/C14H17FN4O2/c1-2-18(6-7-20)14(21)13-10-19(17-16-13)9-11-4-3-5-12(15)8-11/h3-5,8,10,20H,2,6-7,9H2,1H3. The molecular weight excluding hydrogens is 275 g/mol. The quantitative estimate of drug-likeness (QED) is 0.859. The Morgan fingerprint density at radius 2 is 2.29 bits per heavy atom. The average molecular weight is 292 g/mol. The minimum absolute atomic E-state index is 0.100. The molecule has 0 bridgehead atoms. The summed E-state index contributed by atoms with van der Waals surface area (Å²) >= 11 is 0. The smallest absolute Gasteiger partial charge is 0.276 e. The van der Waals surface area contributed by atoms with Crippen molar-refractivity contribution in [2.24, 2.45) is 0 Å². The van der Waals surface area contributed by atoms with Gasteiger partial charge in [-0.25, -0.2) is 9.07 Å². The van der Waals surface area contributed by atoms with Crippen molar-refractivity contribution in [2.45, 2.75) is 13.5 Å². The number of benzene rings is 1. The number of likely N-dealkylation sites (N-methyl/N-ethyl adjacent to an activating group) is 1. The molecule has 0 spiro atoms. The van der Waals surface area contributed by atoms with E-state index in [4.69, 9.17) is 5.11 Å². The number of aromatic nitrogens is 3. The molecule has 112 valence electrons. The summed E-state index contributed by atoms with van der Waals surface area (Å²) in [5.41, 5.74) is 0.948. The Labute approximate surface area is 121 Å². The molecule has 1 amide bonds. The first-order chi connectivity index (χ1) is 10.1. The fraction of sp³-hybridized carbons (Fsp3) is 0.357. The summed E-state index contributed by atoms with van der Waals surface area (Å²) in [5, 5.41) is 16.6. The number of hydrogen-bond donors (Lipinski definition) is 1. The molecule has 1 aromatic carbocycles. The third kappa shape index (κ3) is 3.85. The van der Waals surface area contributed by atoms with E-state index in [0.717, 1.165) is 5.56 Å². The van der Waals surface area contributed by atoms with E-state index in [1.807, 2.05) is 6.92 Å². The predicted molar refractivity (Wildman–Crippen MR) is 74.2 cm³/mol. The molecule has 0 fully saturated rings. The van der Waals surface area contributed by atoms with Crippen molar-refractivity contribution in [3.05, 3.63) is 47.5 Å². The van der Waals surface area contributed by atoms with E-state index in [1.54, 1.807) is 12.1 Å². The summed E-state index contributed by atoms with van der Waals surface area (Å²) in [7, 11) is 0. The molecule has 0 unspecified atom stereocenters. The van der Waals surface area contributed by atoms with Gasteiger partial charge in [0, 0.05) is 13.1 Å². The van der Waals surface area contributed by atoms with Crippen LogP contribution in [0.15, 0.2) is 30.5 Å². The van der Waals surface area contributed by atoms with E-state index in [9.17, 15) is 9.18 Å². The molecule has 0 saturated carbocycles. The van der Waals surface area contributed by atoms with Crippen LogP contribution in [0.3, 0.4) is 0 Å². The number of rotatable bonds is 6. The van der Waals surface area contributed by atoms with E-state index in [2.05, 4.69) is 10.3 Å². The van der Waals surface area contributed by atoms with Gasteiger partial charge >= 0.3 is 0 Å². The summed E-state index contributed by atoms with van der Waals surface area (Å²) in [4.78, 5) is 13.6. The molecule has 0 saturated heterocycles. The first-order valence-electron chi connectivity index (χ1n) is 6.68. The van der Waals surface area contributed by atoms with Crippen LogP contribution in [-0.2, 0) is 6.54 Å². The van der Waals surface area contributed by atoms with Crippen molar-refractivity contribution in [3.8, 4) is 0 Å². The first kappa shape index (κ1) is 15.1. The van der Waals surface area contributed by atoms with Gasteiger partial charge in [0.1, 0.15) is 5.82 Å². The highest BCUT2D eigenvalue weighted by atomic mass is 19.1. The van der Waals surface area contributed by atoms with Crippen molar-refractivity contribution >= 4 is 5.91 Å². The topological polar surface area (TPSA) is 71.2 Å². The highest BCUT2D eigenvalue weighted by Crippen LogP contribution is 2.07. The van der Waals surface area contributed by atoms with Crippen LogP contribution in [0.4, 0.5) is 4.39 Å². The molecule has 1 aromatic heterocycles. The van der Waals surface area contributed by atoms with Crippen LogP contribution in [0.5, 0.6) is 0 Å². The summed E-state index contributed by atoms with van der Waals surface area (Å²) < 4.78 is 14.6. The molecule has 21 heavy (non-hydrogen) atoms. The Morgan fingerprint density at radius 3 is 2.95 bits per heavy atom. The number of amides is 1. The number of hydrogen-bond acceptors (Lipinski definition) is 4. The molecule has 0 aliphatic heterocycles. The summed E-state index contributed by atoms with van der Waals surface area (Å²) in [6.07, 6.45) is 1.52. The number of aliphatic hydroxyl groups excluding tert-OH is 1. The monoisotopic (exact) mass is 292 g/mol. The van der Waals surface area contributed by atoms with Crippen molar-refractivity contribution in [3.63, 3.8) is 0 Å². The lowest BCUT2D eigenvalue weighted by atomic mass is 10.2. The van der Waals surface area contributed by atoms with Gasteiger partial charge < -0.3 is 10.0 Å². The zero-order chi connectivity index (χ0) is 15.2. The van der Waals surface area contributed by atoms with Crippen LogP contribution in [0.2, 0.25) is 0 Å². The largest absolute Gasteiger partial charge is 0.395 e. The maximum Gasteiger partial charge on any atom is 0.276 e. The van der Waals surface area contributed by atoms with Crippen molar-refractivity contribution in [1.82, 2.24) is 19.9 Å². The van der Waals surface area contributed by atoms with Crippen LogP contribution in [-0.4, -0.2) is 50.6 Å². The second-order valence-electron chi connectivity index (χ2n) is 4.54. The Balaban J connectivity index is 2.09. The van der Waals surface area contributed by atoms with Crippen LogP contribution in [0.1, 0.15) is 23.0 Å². The lowest BCUT2D eigenvalue weighted by molar-refractivity contribution is 0.0726. The van der Waals surface area contributed by atoms with Gasteiger partial charge in [0.25, 0.3) is 5.91 Å². The highest BCUT2D eigenvalue weighted by molar-refractivity contribution is 5.91. The molecule has 7 heteroatoms. The Morgan fingerprint density at radius 1 is 1.48 bits per heavy atom. The third-order valence-corrected chi connectivity index (χ3v) is 3.03. The second kappa shape index (κ2) is 6.94. The number of nitrogens with zero attached hydrogens (tertiary/aromatic N) is 4. The molecule has 0 radical (unpaired) electrons. The summed E-state index contributed by atoms with van der Waals surface area (Å²) in [6, 6.07) is 6.17. The Kier molecular flexibility index (Phi) is 4.99. The summed E-state index contributed by atoms with van der Waals surface area (Å²) in [6.45, 7) is 2.80. The molecule has 6 nitrogen and oxygen atoms in total. The van der Waals surface area contributed by atoms with E-state index < -0.39 is 0 Å². The fourth-order valence-electron chi connectivity index (χ4n) is 1.98. The average Bonchev–Trinajstić information content (AvgIpc) is 2.92. The fourth-order valence-corrected chi connectivity index (χ4v) is 1.98. The van der Waals surface area contributed by atoms with Gasteiger partial charge in [0.2, 0.25) is 0 Å². The maximum atomic E-state index is 13.1. The van der Waals surface area contributed by atoms with Crippen LogP contribution >= 0.6 is 0 Å². The lowest BCUT2D eigenvalue weighted by Gasteiger charge is -2.17. The van der Waals surface area contributed by atoms with E-state index in [-0.39, 0.29) is 30.6 Å². The van der Waals surface area contributed by atoms with Crippen molar-refractivity contribution in [1.29, 1.82) is 0 Å². The van der Waals surface area contributed by atoms with Crippen LogP contribution < -0.4 is 0 Å². The van der Waals surface area contributed by atoms with Gasteiger partial charge in [0.15, 0.2) is 5.69 Å². The molecule has 2 aromatic rings. The second-order valence-corrected chi connectivity index (χ2v) is 4.54. The molecule has 1 N–H and O–H groups in total. The number of aliphatic hydroxyl groups is 1. The first-order valence-corrected chi connectivity index (χ1v) is 6.68. The minimum atomic E-state index is -0.316. The zero-order valence-corrected chi connectivity index (χ0v) is 11.7. The zero-order valence-electron chi connectivity index (χ0n) is 11.7. The molecule has 0 atom stereocenters. The van der Waals surface area contributed by atoms with Crippen molar-refractivity contribution in [2.75, 3.05) is 19.7 Å². The molecule has 2 rings (SSSR count). The van der Waals surface area contributed by atoms with Gasteiger partial charge in [-0.1, -0.05) is 17.3 Å². The van der Waals surface area contributed by atoms with Crippen LogP contribution in [0.25, 0.3) is 0 Å². The molecule has 1 heterocycles. The third-order valence-electron chi connectivity index (χ3n) is 3.03. The predicted octanol–water partition coefficient (Wildman–Crippen LogP) is 0.920. The number of carbonyl (C=O) groups excluding carboxylic acids is 1. The summed E-state index contributed by atoms with van der Waals surface area (Å²) in [5.74, 6) is -0.596. The van der Waals surface area contributed by atoms with Crippen LogP contribution in [0, 0.1) is 5.82 Å². The molecule has 0 aliphatic carbocycles. The Bertz CT molecular complexity index is 615.